The van der Waals surface area contributed by atoms with Crippen LogP contribution in [-0.4, -0.2) is 29.7 Å². The first-order valence-electron chi connectivity index (χ1n) is 7.01. The summed E-state index contributed by atoms with van der Waals surface area (Å²) >= 11 is 0. The number of hydrogen-bond donors (Lipinski definition) is 3. The zero-order chi connectivity index (χ0) is 13.3. The van der Waals surface area contributed by atoms with Gasteiger partial charge in [-0.25, -0.2) is 0 Å². The van der Waals surface area contributed by atoms with Gasteiger partial charge in [-0.15, -0.1) is 0 Å². The van der Waals surface area contributed by atoms with Gasteiger partial charge in [-0.05, 0) is 37.3 Å². The van der Waals surface area contributed by atoms with Crippen molar-refractivity contribution < 1.29 is 9.90 Å². The van der Waals surface area contributed by atoms with Crippen molar-refractivity contribution in [1.29, 1.82) is 0 Å². The number of rotatable bonds is 3. The minimum absolute atomic E-state index is 0.0364. The molecule has 4 nitrogen and oxygen atoms in total. The van der Waals surface area contributed by atoms with Crippen molar-refractivity contribution in [3.05, 3.63) is 29.8 Å². The Kier molecular flexibility index (Phi) is 3.19. The fourth-order valence-electron chi connectivity index (χ4n) is 2.88. The number of nitrogens with one attached hydrogen (secondary N) is 2. The summed E-state index contributed by atoms with van der Waals surface area (Å²) in [5.74, 6) is -0.0598. The standard InChI is InChI=1S/C15H20N2O2/c18-14(17-10-15(19)7-3-8-15)12-6-9-16-13-5-2-1-4-11(12)13/h1-2,4-5,12,16,19H,3,6-10H2,(H,17,18). The van der Waals surface area contributed by atoms with Crippen molar-refractivity contribution in [2.24, 2.45) is 0 Å². The van der Waals surface area contributed by atoms with E-state index in [0.717, 1.165) is 43.5 Å². The Morgan fingerprint density at radius 3 is 2.95 bits per heavy atom. The van der Waals surface area contributed by atoms with Crippen molar-refractivity contribution in [2.75, 3.05) is 18.4 Å². The lowest BCUT2D eigenvalue weighted by Crippen LogP contribution is -2.49. The molecule has 0 radical (unpaired) electrons. The monoisotopic (exact) mass is 260 g/mol. The first kappa shape index (κ1) is 12.5. The topological polar surface area (TPSA) is 61.4 Å². The number of para-hydroxylation sites is 1. The van der Waals surface area contributed by atoms with Gasteiger partial charge in [-0.2, -0.15) is 0 Å². The number of fused-ring (bicyclic) bond motifs is 1. The van der Waals surface area contributed by atoms with Gasteiger partial charge in [-0.3, -0.25) is 4.79 Å². The first-order chi connectivity index (χ1) is 9.18. The van der Waals surface area contributed by atoms with Crippen LogP contribution in [0.25, 0.3) is 0 Å². The van der Waals surface area contributed by atoms with E-state index in [9.17, 15) is 9.90 Å². The summed E-state index contributed by atoms with van der Waals surface area (Å²) < 4.78 is 0. The highest BCUT2D eigenvalue weighted by molar-refractivity contribution is 5.86. The van der Waals surface area contributed by atoms with Gasteiger partial charge in [0.2, 0.25) is 5.91 Å². The molecule has 1 unspecified atom stereocenters. The third kappa shape index (κ3) is 2.45. The molecule has 0 saturated heterocycles. The first-order valence-corrected chi connectivity index (χ1v) is 7.01. The lowest BCUT2D eigenvalue weighted by molar-refractivity contribution is -0.125. The van der Waals surface area contributed by atoms with Crippen molar-refractivity contribution in [3.8, 4) is 0 Å². The van der Waals surface area contributed by atoms with Crippen LogP contribution >= 0.6 is 0 Å². The Morgan fingerprint density at radius 2 is 2.21 bits per heavy atom. The summed E-state index contributed by atoms with van der Waals surface area (Å²) in [6.45, 7) is 1.21. The van der Waals surface area contributed by atoms with E-state index in [-0.39, 0.29) is 11.8 Å². The highest BCUT2D eigenvalue weighted by atomic mass is 16.3. The molecule has 1 amide bonds. The maximum Gasteiger partial charge on any atom is 0.227 e. The summed E-state index contributed by atoms with van der Waals surface area (Å²) in [5, 5.41) is 16.3. The second-order valence-corrected chi connectivity index (χ2v) is 5.65. The van der Waals surface area contributed by atoms with Crippen LogP contribution in [0.4, 0.5) is 5.69 Å². The SMILES string of the molecule is O=C(NCC1(O)CCC1)C1CCNc2ccccc21. The van der Waals surface area contributed by atoms with Crippen LogP contribution in [0.3, 0.4) is 0 Å². The maximum atomic E-state index is 12.3. The van der Waals surface area contributed by atoms with Gasteiger partial charge in [0.1, 0.15) is 0 Å². The minimum atomic E-state index is -0.651. The van der Waals surface area contributed by atoms with Crippen LogP contribution in [0.5, 0.6) is 0 Å². The molecule has 3 rings (SSSR count). The molecule has 0 bridgehead atoms. The number of benzene rings is 1. The molecule has 1 aliphatic carbocycles. The van der Waals surface area contributed by atoms with Gasteiger partial charge in [-0.1, -0.05) is 18.2 Å². The molecule has 19 heavy (non-hydrogen) atoms. The lowest BCUT2D eigenvalue weighted by Gasteiger charge is -2.37. The van der Waals surface area contributed by atoms with E-state index in [1.54, 1.807) is 0 Å². The Hall–Kier alpha value is -1.55. The average Bonchev–Trinajstić information content (AvgIpc) is 2.42. The molecule has 1 fully saturated rings. The average molecular weight is 260 g/mol. The van der Waals surface area contributed by atoms with Gasteiger partial charge >= 0.3 is 0 Å². The molecule has 1 atom stereocenters. The summed E-state index contributed by atoms with van der Waals surface area (Å²) in [6, 6.07) is 7.95. The van der Waals surface area contributed by atoms with Crippen molar-refractivity contribution in [3.63, 3.8) is 0 Å². The summed E-state index contributed by atoms with van der Waals surface area (Å²) in [6.07, 6.45) is 3.47. The Labute approximate surface area is 113 Å². The van der Waals surface area contributed by atoms with Crippen LogP contribution in [0.2, 0.25) is 0 Å². The molecule has 0 spiro atoms. The van der Waals surface area contributed by atoms with Gasteiger partial charge in [0.05, 0.1) is 11.5 Å². The summed E-state index contributed by atoms with van der Waals surface area (Å²) in [7, 11) is 0. The van der Waals surface area contributed by atoms with E-state index in [1.807, 2.05) is 24.3 Å². The normalized spacial score (nSPS) is 23.7. The van der Waals surface area contributed by atoms with Crippen LogP contribution in [-0.2, 0) is 4.79 Å². The third-order valence-electron chi connectivity index (χ3n) is 4.28. The predicted molar refractivity (Wildman–Crippen MR) is 74.1 cm³/mol. The molecule has 102 valence electrons. The molecular weight excluding hydrogens is 240 g/mol. The molecule has 2 aliphatic rings. The van der Waals surface area contributed by atoms with Gasteiger partial charge in [0.15, 0.2) is 0 Å². The fraction of sp³-hybridized carbons (Fsp3) is 0.533. The van der Waals surface area contributed by atoms with Crippen LogP contribution in [0.15, 0.2) is 24.3 Å². The molecule has 4 heteroatoms. The fourth-order valence-corrected chi connectivity index (χ4v) is 2.88. The number of hydrogen-bond acceptors (Lipinski definition) is 3. The van der Waals surface area contributed by atoms with Crippen molar-refractivity contribution in [2.45, 2.75) is 37.2 Å². The minimum Gasteiger partial charge on any atom is -0.388 e. The van der Waals surface area contributed by atoms with Crippen LogP contribution in [0.1, 0.15) is 37.2 Å². The van der Waals surface area contributed by atoms with E-state index in [1.165, 1.54) is 0 Å². The number of aliphatic hydroxyl groups is 1. The maximum absolute atomic E-state index is 12.3. The number of carbonyl (C=O) groups is 1. The van der Waals surface area contributed by atoms with Gasteiger partial charge in [0.25, 0.3) is 0 Å². The highest BCUT2D eigenvalue weighted by Crippen LogP contribution is 2.33. The number of amides is 1. The van der Waals surface area contributed by atoms with Crippen LogP contribution in [0, 0.1) is 0 Å². The molecule has 1 heterocycles. The quantitative estimate of drug-likeness (QED) is 0.774. The van der Waals surface area contributed by atoms with Gasteiger partial charge < -0.3 is 15.7 Å². The van der Waals surface area contributed by atoms with E-state index < -0.39 is 5.60 Å². The van der Waals surface area contributed by atoms with E-state index in [2.05, 4.69) is 10.6 Å². The Balaban J connectivity index is 1.67. The molecular formula is C15H20N2O2. The third-order valence-corrected chi connectivity index (χ3v) is 4.28. The second-order valence-electron chi connectivity index (χ2n) is 5.65. The smallest absolute Gasteiger partial charge is 0.227 e. The molecule has 0 aromatic heterocycles. The van der Waals surface area contributed by atoms with Gasteiger partial charge in [0, 0.05) is 18.8 Å². The van der Waals surface area contributed by atoms with Crippen LogP contribution < -0.4 is 10.6 Å². The second kappa shape index (κ2) is 4.85. The molecule has 3 N–H and O–H groups in total. The summed E-state index contributed by atoms with van der Waals surface area (Å²) in [5.41, 5.74) is 1.46. The molecule has 1 saturated carbocycles. The summed E-state index contributed by atoms with van der Waals surface area (Å²) in [4.78, 5) is 12.3. The number of anilines is 1. The Morgan fingerprint density at radius 1 is 1.42 bits per heavy atom. The Bertz CT molecular complexity index is 483. The van der Waals surface area contributed by atoms with E-state index >= 15 is 0 Å². The van der Waals surface area contributed by atoms with Crippen molar-refractivity contribution in [1.82, 2.24) is 5.32 Å². The molecule has 1 aromatic rings. The van der Waals surface area contributed by atoms with E-state index in [0.29, 0.717) is 6.54 Å². The lowest BCUT2D eigenvalue weighted by atomic mass is 9.80. The van der Waals surface area contributed by atoms with Crippen molar-refractivity contribution >= 4 is 11.6 Å². The molecule has 1 aliphatic heterocycles. The predicted octanol–water partition coefficient (Wildman–Crippen LogP) is 1.62. The van der Waals surface area contributed by atoms with E-state index in [4.69, 9.17) is 0 Å². The number of carbonyl (C=O) groups excluding carboxylic acids is 1. The zero-order valence-corrected chi connectivity index (χ0v) is 11.0. The zero-order valence-electron chi connectivity index (χ0n) is 11.0. The highest BCUT2D eigenvalue weighted by Gasteiger charge is 2.35. The molecule has 1 aromatic carbocycles. The largest absolute Gasteiger partial charge is 0.388 e.